The molecule has 1 fully saturated rings. The zero-order chi connectivity index (χ0) is 22.8. The lowest BCUT2D eigenvalue weighted by Gasteiger charge is -2.29. The first-order valence-corrected chi connectivity index (χ1v) is 10.6. The Hall–Kier alpha value is -3.36. The van der Waals surface area contributed by atoms with Gasteiger partial charge in [-0.2, -0.15) is 0 Å². The number of para-hydroxylation sites is 1. The number of carboxylic acid groups (broad SMARTS) is 1. The van der Waals surface area contributed by atoms with Crippen molar-refractivity contribution in [2.24, 2.45) is 5.73 Å². The average molecular weight is 455 g/mol. The van der Waals surface area contributed by atoms with Crippen LogP contribution in [0.1, 0.15) is 39.2 Å². The highest BCUT2D eigenvalue weighted by Crippen LogP contribution is 2.33. The van der Waals surface area contributed by atoms with Crippen LogP contribution in [-0.2, 0) is 4.74 Å². The third-order valence-corrected chi connectivity index (χ3v) is 5.71. The Morgan fingerprint density at radius 2 is 1.91 bits per heavy atom. The Bertz CT molecular complexity index is 1190. The van der Waals surface area contributed by atoms with Gasteiger partial charge in [0.2, 0.25) is 5.91 Å². The summed E-state index contributed by atoms with van der Waals surface area (Å²) in [6.07, 6.45) is 0. The molecule has 3 aromatic rings. The van der Waals surface area contributed by atoms with Crippen molar-refractivity contribution < 1.29 is 19.4 Å². The van der Waals surface area contributed by atoms with Crippen LogP contribution in [0.25, 0.3) is 10.9 Å². The van der Waals surface area contributed by atoms with Crippen molar-refractivity contribution >= 4 is 45.9 Å². The van der Waals surface area contributed by atoms with Gasteiger partial charge in [0.1, 0.15) is 5.82 Å². The number of hydrogen-bond acceptors (Lipinski definition) is 6. The molecule has 0 aliphatic carbocycles. The first-order chi connectivity index (χ1) is 15.3. The summed E-state index contributed by atoms with van der Waals surface area (Å²) in [5, 5.41) is 13.7. The summed E-state index contributed by atoms with van der Waals surface area (Å²) in [7, 11) is 0. The van der Waals surface area contributed by atoms with Gasteiger partial charge in [0.25, 0.3) is 0 Å². The second-order valence-corrected chi connectivity index (χ2v) is 8.04. The van der Waals surface area contributed by atoms with Gasteiger partial charge in [-0.05, 0) is 37.3 Å². The number of carbonyl (C=O) groups is 2. The summed E-state index contributed by atoms with van der Waals surface area (Å²) < 4.78 is 5.42. The Labute approximate surface area is 189 Å². The molecular weight excluding hydrogens is 432 g/mol. The number of amides is 1. The van der Waals surface area contributed by atoms with Crippen molar-refractivity contribution in [3.05, 3.63) is 64.2 Å². The molecule has 8 nitrogen and oxygen atoms in total. The van der Waals surface area contributed by atoms with E-state index >= 15 is 0 Å². The Kier molecular flexibility index (Phi) is 6.16. The van der Waals surface area contributed by atoms with E-state index in [0.717, 1.165) is 5.56 Å². The molecule has 0 bridgehead atoms. The van der Waals surface area contributed by atoms with Crippen LogP contribution in [0.4, 0.5) is 11.5 Å². The number of pyridine rings is 1. The number of nitrogens with one attached hydrogen (secondary N) is 1. The monoisotopic (exact) mass is 454 g/mol. The minimum absolute atomic E-state index is 0.158. The Morgan fingerprint density at radius 1 is 1.19 bits per heavy atom. The highest BCUT2D eigenvalue weighted by molar-refractivity contribution is 6.31. The van der Waals surface area contributed by atoms with Gasteiger partial charge in [-0.3, -0.25) is 4.79 Å². The number of hydrogen-bond donors (Lipinski definition) is 3. The van der Waals surface area contributed by atoms with Crippen molar-refractivity contribution in [2.45, 2.75) is 13.0 Å². The van der Waals surface area contributed by atoms with Gasteiger partial charge < -0.3 is 25.8 Å². The van der Waals surface area contributed by atoms with Crippen molar-refractivity contribution in [3.63, 3.8) is 0 Å². The number of primary amides is 1. The number of anilines is 2. The number of nitrogens with two attached hydrogens (primary N) is 1. The number of benzene rings is 2. The Balaban J connectivity index is 1.84. The van der Waals surface area contributed by atoms with Crippen molar-refractivity contribution in [1.82, 2.24) is 4.98 Å². The first kappa shape index (κ1) is 21.9. The molecule has 2 aromatic carbocycles. The molecule has 1 amide bonds. The molecule has 0 saturated carbocycles. The summed E-state index contributed by atoms with van der Waals surface area (Å²) in [5.74, 6) is -0.965. The molecule has 1 atom stereocenters. The summed E-state index contributed by atoms with van der Waals surface area (Å²) in [4.78, 5) is 30.8. The minimum Gasteiger partial charge on any atom is -0.478 e. The molecule has 2 heterocycles. The molecule has 4 rings (SSSR count). The third-order valence-electron chi connectivity index (χ3n) is 5.49. The number of nitrogens with zero attached hydrogens (tertiary/aromatic N) is 2. The van der Waals surface area contributed by atoms with E-state index in [-0.39, 0.29) is 11.6 Å². The molecule has 4 N–H and O–H groups in total. The summed E-state index contributed by atoms with van der Waals surface area (Å²) in [6.45, 7) is 4.33. The van der Waals surface area contributed by atoms with Gasteiger partial charge in [-0.25, -0.2) is 9.78 Å². The van der Waals surface area contributed by atoms with Gasteiger partial charge in [-0.15, -0.1) is 0 Å². The zero-order valence-corrected chi connectivity index (χ0v) is 18.2. The highest BCUT2D eigenvalue weighted by atomic mass is 35.5. The summed E-state index contributed by atoms with van der Waals surface area (Å²) in [5.41, 5.74) is 7.97. The average Bonchev–Trinajstić information content (AvgIpc) is 2.78. The fourth-order valence-electron chi connectivity index (χ4n) is 3.90. The van der Waals surface area contributed by atoms with Crippen LogP contribution in [0.3, 0.4) is 0 Å². The van der Waals surface area contributed by atoms with E-state index in [1.165, 1.54) is 6.07 Å². The van der Waals surface area contributed by atoms with Gasteiger partial charge in [0.05, 0.1) is 35.9 Å². The minimum atomic E-state index is -1.03. The smallest absolute Gasteiger partial charge is 0.337 e. The van der Waals surface area contributed by atoms with Gasteiger partial charge in [0, 0.05) is 34.7 Å². The first-order valence-electron chi connectivity index (χ1n) is 10.2. The van der Waals surface area contributed by atoms with E-state index in [2.05, 4.69) is 5.32 Å². The molecular formula is C23H23ClN4O4. The number of halogens is 1. The molecule has 0 unspecified atom stereocenters. The molecule has 166 valence electrons. The molecule has 1 aliphatic rings. The van der Waals surface area contributed by atoms with Gasteiger partial charge in [-0.1, -0.05) is 23.7 Å². The predicted octanol–water partition coefficient (Wildman–Crippen LogP) is 3.70. The van der Waals surface area contributed by atoms with E-state index in [1.807, 2.05) is 11.8 Å². The highest BCUT2D eigenvalue weighted by Gasteiger charge is 2.22. The van der Waals surface area contributed by atoms with E-state index < -0.39 is 11.9 Å². The molecule has 0 spiro atoms. The van der Waals surface area contributed by atoms with Crippen LogP contribution < -0.4 is 16.0 Å². The molecule has 1 aromatic heterocycles. The van der Waals surface area contributed by atoms with Gasteiger partial charge >= 0.3 is 5.97 Å². The topological polar surface area (TPSA) is 118 Å². The predicted molar refractivity (Wildman–Crippen MR) is 124 cm³/mol. The van der Waals surface area contributed by atoms with Crippen molar-refractivity contribution in [1.29, 1.82) is 0 Å². The third kappa shape index (κ3) is 4.32. The van der Waals surface area contributed by atoms with Crippen LogP contribution >= 0.6 is 11.6 Å². The number of fused-ring (bicyclic) bond motifs is 1. The lowest BCUT2D eigenvalue weighted by molar-refractivity contribution is 0.0697. The van der Waals surface area contributed by atoms with Crippen LogP contribution in [0.2, 0.25) is 5.02 Å². The largest absolute Gasteiger partial charge is 0.478 e. The standard InChI is InChI=1S/C23H23ClN4O4/c1-13(26-19-5-3-2-4-15(19)23(30)31)16-10-14(24)11-17-18(22(25)29)12-20(27-21(16)17)28-6-8-32-9-7-28/h2-5,10-13,26H,6-9H2,1H3,(H2,25,29)(H,30,31)/t13-/m0/s1. The van der Waals surface area contributed by atoms with Crippen LogP contribution in [-0.4, -0.2) is 48.3 Å². The van der Waals surface area contributed by atoms with Gasteiger partial charge in [0.15, 0.2) is 0 Å². The number of carboxylic acids is 1. The maximum absolute atomic E-state index is 12.3. The summed E-state index contributed by atoms with van der Waals surface area (Å²) >= 11 is 6.39. The molecule has 9 heteroatoms. The number of carbonyl (C=O) groups excluding carboxylic acids is 1. The van der Waals surface area contributed by atoms with E-state index in [1.54, 1.807) is 36.4 Å². The second kappa shape index (κ2) is 9.02. The zero-order valence-electron chi connectivity index (χ0n) is 17.5. The van der Waals surface area contributed by atoms with E-state index in [4.69, 9.17) is 27.1 Å². The molecule has 1 saturated heterocycles. The quantitative estimate of drug-likeness (QED) is 0.519. The van der Waals surface area contributed by atoms with Crippen LogP contribution in [0.15, 0.2) is 42.5 Å². The SMILES string of the molecule is C[C@H](Nc1ccccc1C(=O)O)c1cc(Cl)cc2c(C(N)=O)cc(N3CCOCC3)nc12. The van der Waals surface area contributed by atoms with E-state index in [0.29, 0.717) is 59.3 Å². The molecule has 32 heavy (non-hydrogen) atoms. The lowest BCUT2D eigenvalue weighted by atomic mass is 9.99. The number of aromatic carboxylic acids is 1. The lowest BCUT2D eigenvalue weighted by Crippen LogP contribution is -2.37. The maximum Gasteiger partial charge on any atom is 0.337 e. The number of ether oxygens (including phenoxy) is 1. The normalized spacial score (nSPS) is 14.9. The van der Waals surface area contributed by atoms with Crippen LogP contribution in [0, 0.1) is 0 Å². The molecule has 1 aliphatic heterocycles. The van der Waals surface area contributed by atoms with Crippen molar-refractivity contribution in [3.8, 4) is 0 Å². The fraction of sp³-hybridized carbons (Fsp3) is 0.261. The number of rotatable bonds is 6. The Morgan fingerprint density at radius 3 is 2.59 bits per heavy atom. The van der Waals surface area contributed by atoms with Crippen LogP contribution in [0.5, 0.6) is 0 Å². The number of morpholine rings is 1. The maximum atomic E-state index is 12.3. The molecule has 0 radical (unpaired) electrons. The van der Waals surface area contributed by atoms with E-state index in [9.17, 15) is 14.7 Å². The van der Waals surface area contributed by atoms with Crippen molar-refractivity contribution in [2.75, 3.05) is 36.5 Å². The number of aromatic nitrogens is 1. The second-order valence-electron chi connectivity index (χ2n) is 7.60. The summed E-state index contributed by atoms with van der Waals surface area (Å²) in [6, 6.07) is 11.4. The fourth-order valence-corrected chi connectivity index (χ4v) is 4.13.